The predicted octanol–water partition coefficient (Wildman–Crippen LogP) is 1.95. The van der Waals surface area contributed by atoms with Gasteiger partial charge >= 0.3 is 0 Å². The molecule has 72 valence electrons. The van der Waals surface area contributed by atoms with E-state index < -0.39 is 5.24 Å². The summed E-state index contributed by atoms with van der Waals surface area (Å²) in [6, 6.07) is 5.25. The second-order valence-electron chi connectivity index (χ2n) is 2.76. The predicted molar refractivity (Wildman–Crippen MR) is 52.8 cm³/mol. The average Bonchev–Trinajstić information content (AvgIpc) is 2.59. The second-order valence-corrected chi connectivity index (χ2v) is 3.10. The van der Waals surface area contributed by atoms with E-state index >= 15 is 0 Å². The zero-order valence-electron chi connectivity index (χ0n) is 7.37. The van der Waals surface area contributed by atoms with Gasteiger partial charge in [0.05, 0.1) is 12.6 Å². The molecule has 1 N–H and O–H groups in total. The molecule has 1 aromatic heterocycles. The molecule has 0 amide bonds. The van der Waals surface area contributed by atoms with Gasteiger partial charge in [-0.25, -0.2) is 0 Å². The Balaban J connectivity index is 2.65. The van der Waals surface area contributed by atoms with Gasteiger partial charge in [-0.3, -0.25) is 9.89 Å². The first-order valence-electron chi connectivity index (χ1n) is 3.94. The lowest BCUT2D eigenvalue weighted by Crippen LogP contribution is -1.88. The molecule has 2 aromatic rings. The molecule has 0 atom stereocenters. The number of carbonyl (C=O) groups excluding carboxylic acids is 1. The van der Waals surface area contributed by atoms with Crippen LogP contribution in [0, 0.1) is 0 Å². The molecule has 0 aliphatic heterocycles. The van der Waals surface area contributed by atoms with Crippen molar-refractivity contribution < 1.29 is 9.53 Å². The highest BCUT2D eigenvalue weighted by Crippen LogP contribution is 2.22. The van der Waals surface area contributed by atoms with E-state index in [2.05, 4.69) is 10.2 Å². The number of fused-ring (bicyclic) bond motifs is 1. The van der Waals surface area contributed by atoms with Gasteiger partial charge in [-0.15, -0.1) is 0 Å². The highest BCUT2D eigenvalue weighted by atomic mass is 35.5. The van der Waals surface area contributed by atoms with Crippen LogP contribution in [0.3, 0.4) is 0 Å². The van der Waals surface area contributed by atoms with Crippen molar-refractivity contribution in [3.8, 4) is 5.75 Å². The third-order valence-electron chi connectivity index (χ3n) is 1.96. The fraction of sp³-hybridized carbons (Fsp3) is 0.111. The standard InChI is InChI=1S/C9H7ClN2O2/c1-14-5-2-3-6-7(4-5)11-12-8(6)9(10)13/h2-4H,1H3,(H,11,12). The van der Waals surface area contributed by atoms with Crippen LogP contribution in [0.2, 0.25) is 0 Å². The molecule has 0 saturated heterocycles. The van der Waals surface area contributed by atoms with Crippen LogP contribution in [0.5, 0.6) is 5.75 Å². The van der Waals surface area contributed by atoms with Crippen molar-refractivity contribution in [2.24, 2.45) is 0 Å². The molecule has 1 heterocycles. The quantitative estimate of drug-likeness (QED) is 0.771. The number of hydrogen-bond acceptors (Lipinski definition) is 3. The Bertz CT molecular complexity index is 493. The number of nitrogens with zero attached hydrogens (tertiary/aromatic N) is 1. The van der Waals surface area contributed by atoms with E-state index in [1.807, 2.05) is 0 Å². The van der Waals surface area contributed by atoms with E-state index in [0.717, 1.165) is 5.52 Å². The highest BCUT2D eigenvalue weighted by molar-refractivity contribution is 6.68. The van der Waals surface area contributed by atoms with Crippen molar-refractivity contribution >= 4 is 27.7 Å². The van der Waals surface area contributed by atoms with E-state index in [1.54, 1.807) is 25.3 Å². The van der Waals surface area contributed by atoms with Gasteiger partial charge in [0.1, 0.15) is 5.75 Å². The van der Waals surface area contributed by atoms with E-state index in [9.17, 15) is 4.79 Å². The van der Waals surface area contributed by atoms with E-state index in [4.69, 9.17) is 16.3 Å². The Morgan fingerprint density at radius 1 is 1.57 bits per heavy atom. The molecule has 0 bridgehead atoms. The summed E-state index contributed by atoms with van der Waals surface area (Å²) in [6.45, 7) is 0. The van der Waals surface area contributed by atoms with Gasteiger partial charge in [-0.05, 0) is 23.7 Å². The van der Waals surface area contributed by atoms with E-state index in [-0.39, 0.29) is 5.69 Å². The fourth-order valence-electron chi connectivity index (χ4n) is 1.28. The lowest BCUT2D eigenvalue weighted by Gasteiger charge is -1.97. The van der Waals surface area contributed by atoms with Crippen molar-refractivity contribution in [1.82, 2.24) is 10.2 Å². The van der Waals surface area contributed by atoms with E-state index in [1.165, 1.54) is 0 Å². The monoisotopic (exact) mass is 210 g/mol. The summed E-state index contributed by atoms with van der Waals surface area (Å²) < 4.78 is 5.03. The van der Waals surface area contributed by atoms with Gasteiger partial charge in [-0.2, -0.15) is 5.10 Å². The number of benzene rings is 1. The first-order chi connectivity index (χ1) is 6.72. The number of rotatable bonds is 2. The number of H-pyrrole nitrogens is 1. The lowest BCUT2D eigenvalue weighted by molar-refractivity contribution is 0.107. The number of hydrogen-bond donors (Lipinski definition) is 1. The third-order valence-corrected chi connectivity index (χ3v) is 2.14. The fourth-order valence-corrected chi connectivity index (χ4v) is 1.42. The summed E-state index contributed by atoms with van der Waals surface area (Å²) in [5.41, 5.74) is 0.970. The molecule has 5 heteroatoms. The summed E-state index contributed by atoms with van der Waals surface area (Å²) in [4.78, 5) is 10.9. The Morgan fingerprint density at radius 2 is 2.36 bits per heavy atom. The normalized spacial score (nSPS) is 10.4. The molecule has 2 rings (SSSR count). The minimum Gasteiger partial charge on any atom is -0.497 e. The maximum absolute atomic E-state index is 10.9. The number of methoxy groups -OCH3 is 1. The zero-order valence-corrected chi connectivity index (χ0v) is 8.13. The van der Waals surface area contributed by atoms with Crippen molar-refractivity contribution in [3.05, 3.63) is 23.9 Å². The number of carbonyl (C=O) groups is 1. The Hall–Kier alpha value is -1.55. The van der Waals surface area contributed by atoms with Crippen LogP contribution in [-0.2, 0) is 0 Å². The van der Waals surface area contributed by atoms with E-state index in [0.29, 0.717) is 11.1 Å². The summed E-state index contributed by atoms with van der Waals surface area (Å²) >= 11 is 5.34. The average molecular weight is 211 g/mol. The Kier molecular flexibility index (Phi) is 2.13. The maximum atomic E-state index is 10.9. The van der Waals surface area contributed by atoms with Gasteiger partial charge in [-0.1, -0.05) is 0 Å². The van der Waals surface area contributed by atoms with Crippen LogP contribution < -0.4 is 4.74 Å². The first kappa shape index (κ1) is 9.02. The SMILES string of the molecule is COc1ccc2c(C(=O)Cl)n[nH]c2c1. The number of halogens is 1. The molecule has 0 spiro atoms. The Labute approximate surface area is 84.8 Å². The van der Waals surface area contributed by atoms with Crippen LogP contribution >= 0.6 is 11.6 Å². The summed E-state index contributed by atoms with van der Waals surface area (Å²) in [5, 5.41) is 6.65. The molecule has 0 saturated carbocycles. The molecule has 0 aliphatic carbocycles. The third kappa shape index (κ3) is 1.33. The zero-order chi connectivity index (χ0) is 10.1. The van der Waals surface area contributed by atoms with Gasteiger partial charge in [0, 0.05) is 11.5 Å². The molecule has 0 fully saturated rings. The first-order valence-corrected chi connectivity index (χ1v) is 4.32. The number of nitrogens with one attached hydrogen (secondary N) is 1. The van der Waals surface area contributed by atoms with Crippen LogP contribution in [-0.4, -0.2) is 22.5 Å². The number of aromatic amines is 1. The lowest BCUT2D eigenvalue weighted by atomic mass is 10.2. The molecule has 1 aromatic carbocycles. The summed E-state index contributed by atoms with van der Waals surface area (Å²) in [7, 11) is 1.57. The molecular formula is C9H7ClN2O2. The van der Waals surface area contributed by atoms with Crippen LogP contribution in [0.1, 0.15) is 10.5 Å². The summed E-state index contributed by atoms with van der Waals surface area (Å²) in [5.74, 6) is 0.703. The van der Waals surface area contributed by atoms with Crippen molar-refractivity contribution in [2.45, 2.75) is 0 Å². The second kappa shape index (κ2) is 3.31. The minimum absolute atomic E-state index is 0.240. The molecule has 14 heavy (non-hydrogen) atoms. The van der Waals surface area contributed by atoms with Crippen molar-refractivity contribution in [1.29, 1.82) is 0 Å². The van der Waals surface area contributed by atoms with Crippen LogP contribution in [0.15, 0.2) is 18.2 Å². The maximum Gasteiger partial charge on any atom is 0.273 e. The molecule has 0 unspecified atom stereocenters. The minimum atomic E-state index is -0.568. The molecule has 0 aliphatic rings. The van der Waals surface area contributed by atoms with Gasteiger partial charge in [0.25, 0.3) is 5.24 Å². The molecular weight excluding hydrogens is 204 g/mol. The highest BCUT2D eigenvalue weighted by Gasteiger charge is 2.11. The molecule has 4 nitrogen and oxygen atoms in total. The largest absolute Gasteiger partial charge is 0.497 e. The smallest absolute Gasteiger partial charge is 0.273 e. The number of ether oxygens (including phenoxy) is 1. The van der Waals surface area contributed by atoms with Crippen LogP contribution in [0.4, 0.5) is 0 Å². The Morgan fingerprint density at radius 3 is 3.00 bits per heavy atom. The summed E-state index contributed by atoms with van der Waals surface area (Å²) in [6.07, 6.45) is 0. The number of aromatic nitrogens is 2. The van der Waals surface area contributed by atoms with Gasteiger partial charge in [0.2, 0.25) is 0 Å². The van der Waals surface area contributed by atoms with Crippen molar-refractivity contribution in [2.75, 3.05) is 7.11 Å². The van der Waals surface area contributed by atoms with Gasteiger partial charge in [0.15, 0.2) is 5.69 Å². The van der Waals surface area contributed by atoms with Crippen LogP contribution in [0.25, 0.3) is 10.9 Å². The van der Waals surface area contributed by atoms with Crippen molar-refractivity contribution in [3.63, 3.8) is 0 Å². The molecule has 0 radical (unpaired) electrons. The van der Waals surface area contributed by atoms with Gasteiger partial charge < -0.3 is 4.74 Å². The topological polar surface area (TPSA) is 55.0 Å².